The van der Waals surface area contributed by atoms with E-state index in [9.17, 15) is 5.11 Å². The highest BCUT2D eigenvalue weighted by Gasteiger charge is 2.07. The van der Waals surface area contributed by atoms with Crippen LogP contribution in [0, 0.1) is 6.92 Å². The number of aliphatic hydroxyl groups is 1. The Morgan fingerprint density at radius 2 is 2.36 bits per heavy atom. The summed E-state index contributed by atoms with van der Waals surface area (Å²) in [5, 5.41) is 13.5. The van der Waals surface area contributed by atoms with Crippen molar-refractivity contribution in [2.24, 2.45) is 0 Å². The van der Waals surface area contributed by atoms with Gasteiger partial charge in [-0.05, 0) is 20.8 Å². The third kappa shape index (κ3) is 1.60. The van der Waals surface area contributed by atoms with Gasteiger partial charge in [0, 0.05) is 18.3 Å². The zero-order chi connectivity index (χ0) is 8.43. The van der Waals surface area contributed by atoms with Crippen molar-refractivity contribution in [3.05, 3.63) is 17.5 Å². The Labute approximate surface area is 66.7 Å². The molecule has 3 nitrogen and oxygen atoms in total. The molecular weight excluding hydrogens is 140 g/mol. The zero-order valence-electron chi connectivity index (χ0n) is 7.20. The Kier molecular flexibility index (Phi) is 2.29. The van der Waals surface area contributed by atoms with E-state index in [2.05, 4.69) is 5.10 Å². The highest BCUT2D eigenvalue weighted by molar-refractivity contribution is 5.17. The summed E-state index contributed by atoms with van der Waals surface area (Å²) < 4.78 is 1.83. The SMILES string of the molecule is CCn1cc(C(C)O)c(C)n1. The molecule has 0 bridgehead atoms. The molecule has 0 radical (unpaired) electrons. The molecule has 1 rings (SSSR count). The highest BCUT2D eigenvalue weighted by atomic mass is 16.3. The molecule has 11 heavy (non-hydrogen) atoms. The molecule has 1 N–H and O–H groups in total. The van der Waals surface area contributed by atoms with Crippen LogP contribution in [0.2, 0.25) is 0 Å². The molecule has 0 aromatic carbocycles. The summed E-state index contributed by atoms with van der Waals surface area (Å²) in [6.45, 7) is 6.55. The fourth-order valence-electron chi connectivity index (χ4n) is 1.11. The highest BCUT2D eigenvalue weighted by Crippen LogP contribution is 2.14. The van der Waals surface area contributed by atoms with Crippen molar-refractivity contribution in [3.63, 3.8) is 0 Å². The molecule has 3 heteroatoms. The number of aryl methyl sites for hydroxylation is 2. The summed E-state index contributed by atoms with van der Waals surface area (Å²) in [6, 6.07) is 0. The lowest BCUT2D eigenvalue weighted by Gasteiger charge is -1.98. The second kappa shape index (κ2) is 3.05. The van der Waals surface area contributed by atoms with E-state index in [-0.39, 0.29) is 0 Å². The average molecular weight is 154 g/mol. The van der Waals surface area contributed by atoms with E-state index in [0.717, 1.165) is 17.8 Å². The monoisotopic (exact) mass is 154 g/mol. The van der Waals surface area contributed by atoms with E-state index in [1.165, 1.54) is 0 Å². The normalized spacial score (nSPS) is 13.5. The van der Waals surface area contributed by atoms with Crippen molar-refractivity contribution in [2.75, 3.05) is 0 Å². The Balaban J connectivity index is 2.97. The first-order valence-corrected chi connectivity index (χ1v) is 3.87. The van der Waals surface area contributed by atoms with Gasteiger partial charge >= 0.3 is 0 Å². The van der Waals surface area contributed by atoms with Gasteiger partial charge in [-0.2, -0.15) is 5.10 Å². The Hall–Kier alpha value is -0.830. The Morgan fingerprint density at radius 3 is 2.64 bits per heavy atom. The lowest BCUT2D eigenvalue weighted by Crippen LogP contribution is -1.93. The molecule has 0 saturated carbocycles. The van der Waals surface area contributed by atoms with Gasteiger partial charge in [0.2, 0.25) is 0 Å². The molecule has 0 aliphatic carbocycles. The van der Waals surface area contributed by atoms with Crippen LogP contribution < -0.4 is 0 Å². The van der Waals surface area contributed by atoms with E-state index in [0.29, 0.717) is 0 Å². The predicted molar refractivity (Wildman–Crippen MR) is 43.3 cm³/mol. The minimum absolute atomic E-state index is 0.407. The van der Waals surface area contributed by atoms with Crippen molar-refractivity contribution in [1.29, 1.82) is 0 Å². The molecule has 0 aliphatic heterocycles. The summed E-state index contributed by atoms with van der Waals surface area (Å²) >= 11 is 0. The maximum atomic E-state index is 9.26. The van der Waals surface area contributed by atoms with Crippen LogP contribution >= 0.6 is 0 Å². The van der Waals surface area contributed by atoms with Crippen LogP contribution in [0.5, 0.6) is 0 Å². The van der Waals surface area contributed by atoms with Gasteiger partial charge in [-0.15, -0.1) is 0 Å². The Morgan fingerprint density at radius 1 is 1.73 bits per heavy atom. The van der Waals surface area contributed by atoms with E-state index < -0.39 is 6.10 Å². The number of rotatable bonds is 2. The largest absolute Gasteiger partial charge is 0.389 e. The maximum absolute atomic E-state index is 9.26. The fraction of sp³-hybridized carbons (Fsp3) is 0.625. The maximum Gasteiger partial charge on any atom is 0.0795 e. The molecule has 0 saturated heterocycles. The quantitative estimate of drug-likeness (QED) is 0.696. The molecule has 0 spiro atoms. The minimum Gasteiger partial charge on any atom is -0.389 e. The lowest BCUT2D eigenvalue weighted by atomic mass is 10.2. The van der Waals surface area contributed by atoms with Gasteiger partial charge < -0.3 is 5.11 Å². The molecule has 0 aliphatic rings. The standard InChI is InChI=1S/C8H14N2O/c1-4-10-5-8(7(3)11)6(2)9-10/h5,7,11H,4H2,1-3H3. The first kappa shape index (κ1) is 8.27. The van der Waals surface area contributed by atoms with E-state index in [1.807, 2.05) is 24.7 Å². The first-order valence-electron chi connectivity index (χ1n) is 3.87. The molecule has 1 aromatic heterocycles. The van der Waals surface area contributed by atoms with Crippen LogP contribution in [-0.4, -0.2) is 14.9 Å². The van der Waals surface area contributed by atoms with E-state index in [1.54, 1.807) is 6.92 Å². The van der Waals surface area contributed by atoms with Crippen molar-refractivity contribution < 1.29 is 5.11 Å². The third-order valence-electron chi connectivity index (χ3n) is 1.76. The zero-order valence-corrected chi connectivity index (χ0v) is 7.20. The summed E-state index contributed by atoms with van der Waals surface area (Å²) in [6.07, 6.45) is 1.48. The molecule has 0 amide bonds. The second-order valence-corrected chi connectivity index (χ2v) is 2.70. The third-order valence-corrected chi connectivity index (χ3v) is 1.76. The summed E-state index contributed by atoms with van der Waals surface area (Å²) in [4.78, 5) is 0. The first-order chi connectivity index (χ1) is 5.15. The van der Waals surface area contributed by atoms with Crippen LogP contribution in [0.25, 0.3) is 0 Å². The fourth-order valence-corrected chi connectivity index (χ4v) is 1.11. The second-order valence-electron chi connectivity index (χ2n) is 2.70. The Bertz CT molecular complexity index is 240. The molecule has 1 unspecified atom stereocenters. The van der Waals surface area contributed by atoms with E-state index in [4.69, 9.17) is 0 Å². The van der Waals surface area contributed by atoms with Crippen LogP contribution in [0.4, 0.5) is 0 Å². The predicted octanol–water partition coefficient (Wildman–Crippen LogP) is 1.26. The number of hydrogen-bond donors (Lipinski definition) is 1. The molecule has 1 heterocycles. The van der Waals surface area contributed by atoms with Gasteiger partial charge in [0.25, 0.3) is 0 Å². The van der Waals surface area contributed by atoms with Gasteiger partial charge in [0.05, 0.1) is 11.8 Å². The smallest absolute Gasteiger partial charge is 0.0795 e. The van der Waals surface area contributed by atoms with Crippen molar-refractivity contribution in [1.82, 2.24) is 9.78 Å². The minimum atomic E-state index is -0.407. The number of hydrogen-bond acceptors (Lipinski definition) is 2. The molecule has 1 aromatic rings. The van der Waals surface area contributed by atoms with Gasteiger partial charge in [0.15, 0.2) is 0 Å². The van der Waals surface area contributed by atoms with Crippen LogP contribution in [-0.2, 0) is 6.54 Å². The van der Waals surface area contributed by atoms with Crippen molar-refractivity contribution in [2.45, 2.75) is 33.4 Å². The number of nitrogens with zero attached hydrogens (tertiary/aromatic N) is 2. The van der Waals surface area contributed by atoms with Crippen LogP contribution in [0.1, 0.15) is 31.2 Å². The molecule has 0 fully saturated rings. The van der Waals surface area contributed by atoms with Gasteiger partial charge in [-0.1, -0.05) is 0 Å². The van der Waals surface area contributed by atoms with Gasteiger partial charge in [-0.25, -0.2) is 0 Å². The number of aromatic nitrogens is 2. The summed E-state index contributed by atoms with van der Waals surface area (Å²) in [5.74, 6) is 0. The lowest BCUT2D eigenvalue weighted by molar-refractivity contribution is 0.198. The average Bonchev–Trinajstić information content (AvgIpc) is 2.30. The van der Waals surface area contributed by atoms with Crippen LogP contribution in [0.3, 0.4) is 0 Å². The number of aliphatic hydroxyl groups excluding tert-OH is 1. The molecular formula is C8H14N2O. The summed E-state index contributed by atoms with van der Waals surface area (Å²) in [7, 11) is 0. The van der Waals surface area contributed by atoms with Crippen LogP contribution in [0.15, 0.2) is 6.20 Å². The van der Waals surface area contributed by atoms with Gasteiger partial charge in [-0.3, -0.25) is 4.68 Å². The topological polar surface area (TPSA) is 38.0 Å². The summed E-state index contributed by atoms with van der Waals surface area (Å²) in [5.41, 5.74) is 1.84. The molecule has 1 atom stereocenters. The molecule has 62 valence electrons. The van der Waals surface area contributed by atoms with Gasteiger partial charge in [0.1, 0.15) is 0 Å². The van der Waals surface area contributed by atoms with E-state index >= 15 is 0 Å². The van der Waals surface area contributed by atoms with Crippen molar-refractivity contribution >= 4 is 0 Å². The van der Waals surface area contributed by atoms with Crippen molar-refractivity contribution in [3.8, 4) is 0 Å².